The predicted octanol–water partition coefficient (Wildman–Crippen LogP) is 0.802. The smallest absolute Gasteiger partial charge is 0.337 e. The zero-order valence-corrected chi connectivity index (χ0v) is 9.86. The molecule has 0 aliphatic rings. The minimum Gasteiger partial charge on any atom is -0.479 e. The quantitative estimate of drug-likeness (QED) is 0.789. The molecule has 0 fully saturated rings. The maximum atomic E-state index is 10.2. The van der Waals surface area contributed by atoms with Gasteiger partial charge in [-0.3, -0.25) is 0 Å². The summed E-state index contributed by atoms with van der Waals surface area (Å²) in [7, 11) is 0. The van der Waals surface area contributed by atoms with Gasteiger partial charge in [0.05, 0.1) is 0 Å². The van der Waals surface area contributed by atoms with Crippen LogP contribution >= 0.6 is 0 Å². The van der Waals surface area contributed by atoms with Gasteiger partial charge in [0, 0.05) is 25.8 Å². The number of carboxylic acid groups (broad SMARTS) is 1. The molecule has 1 rings (SSSR count). The Morgan fingerprint density at radius 1 is 1.25 bits per heavy atom. The summed E-state index contributed by atoms with van der Waals surface area (Å²) in [6, 6.07) is 8.26. The third kappa shape index (κ3) is 2.87. The largest absolute Gasteiger partial charge is 0.479 e. The standard InChI is InChI=1S/C8H8O3.Hf/c9-7(8(10)11)6-4-2-1-3-5-6;/h1-5,7,9H,(H,10,11);/t7-;/m1./s1. The Morgan fingerprint density at radius 2 is 1.75 bits per heavy atom. The van der Waals surface area contributed by atoms with Gasteiger partial charge in [-0.2, -0.15) is 0 Å². The van der Waals surface area contributed by atoms with Gasteiger partial charge in [-0.1, -0.05) is 30.3 Å². The molecule has 0 aliphatic carbocycles. The van der Waals surface area contributed by atoms with E-state index in [0.29, 0.717) is 5.56 Å². The molecule has 1 aromatic carbocycles. The molecule has 4 heteroatoms. The van der Waals surface area contributed by atoms with Crippen molar-refractivity contribution in [2.45, 2.75) is 6.10 Å². The van der Waals surface area contributed by atoms with Gasteiger partial charge in [0.15, 0.2) is 6.10 Å². The van der Waals surface area contributed by atoms with Gasteiger partial charge in [-0.15, -0.1) is 0 Å². The molecule has 3 nitrogen and oxygen atoms in total. The molecule has 12 heavy (non-hydrogen) atoms. The van der Waals surface area contributed by atoms with Crippen LogP contribution in [0, 0.1) is 0 Å². The number of aliphatic hydroxyl groups excluding tert-OH is 1. The van der Waals surface area contributed by atoms with Crippen LogP contribution in [0.4, 0.5) is 0 Å². The van der Waals surface area contributed by atoms with Crippen molar-refractivity contribution >= 4 is 5.97 Å². The first-order valence-electron chi connectivity index (χ1n) is 3.17. The van der Waals surface area contributed by atoms with Crippen molar-refractivity contribution in [1.29, 1.82) is 0 Å². The van der Waals surface area contributed by atoms with Crippen LogP contribution in [0.15, 0.2) is 30.3 Å². The van der Waals surface area contributed by atoms with Gasteiger partial charge in [-0.05, 0) is 5.56 Å². The van der Waals surface area contributed by atoms with Crippen LogP contribution < -0.4 is 0 Å². The van der Waals surface area contributed by atoms with E-state index in [0.717, 1.165) is 0 Å². The van der Waals surface area contributed by atoms with Crippen LogP contribution in [0.5, 0.6) is 0 Å². The number of hydrogen-bond acceptors (Lipinski definition) is 2. The number of aliphatic hydroxyl groups is 1. The molecule has 2 N–H and O–H groups in total. The van der Waals surface area contributed by atoms with E-state index in [-0.39, 0.29) is 25.8 Å². The van der Waals surface area contributed by atoms with Gasteiger partial charge < -0.3 is 10.2 Å². The van der Waals surface area contributed by atoms with E-state index in [1.54, 1.807) is 30.3 Å². The Hall–Kier alpha value is -0.480. The number of carbonyl (C=O) groups is 1. The third-order valence-corrected chi connectivity index (χ3v) is 1.35. The number of rotatable bonds is 2. The summed E-state index contributed by atoms with van der Waals surface area (Å²) < 4.78 is 0. The molecule has 0 bridgehead atoms. The number of benzene rings is 1. The Kier molecular flexibility index (Phi) is 5.01. The van der Waals surface area contributed by atoms with E-state index < -0.39 is 12.1 Å². The van der Waals surface area contributed by atoms with Crippen LogP contribution in [-0.4, -0.2) is 16.2 Å². The molecule has 0 saturated carbocycles. The summed E-state index contributed by atoms with van der Waals surface area (Å²) in [6.45, 7) is 0. The summed E-state index contributed by atoms with van der Waals surface area (Å²) >= 11 is 0. The topological polar surface area (TPSA) is 57.5 Å². The van der Waals surface area contributed by atoms with Crippen molar-refractivity contribution in [3.05, 3.63) is 35.9 Å². The van der Waals surface area contributed by atoms with Crippen molar-refractivity contribution < 1.29 is 40.9 Å². The second-order valence-electron chi connectivity index (χ2n) is 2.15. The van der Waals surface area contributed by atoms with E-state index in [1.807, 2.05) is 0 Å². The van der Waals surface area contributed by atoms with Crippen molar-refractivity contribution in [3.63, 3.8) is 0 Å². The number of aliphatic carboxylic acids is 1. The van der Waals surface area contributed by atoms with E-state index in [9.17, 15) is 4.79 Å². The molecule has 0 saturated heterocycles. The van der Waals surface area contributed by atoms with Crippen LogP contribution in [0.3, 0.4) is 0 Å². The average molecular weight is 331 g/mol. The van der Waals surface area contributed by atoms with Crippen LogP contribution in [0.2, 0.25) is 0 Å². The zero-order chi connectivity index (χ0) is 8.27. The molecule has 0 radical (unpaired) electrons. The van der Waals surface area contributed by atoms with E-state index >= 15 is 0 Å². The van der Waals surface area contributed by atoms with Crippen molar-refractivity contribution in [2.24, 2.45) is 0 Å². The van der Waals surface area contributed by atoms with Gasteiger partial charge >= 0.3 is 5.97 Å². The molecule has 62 valence electrons. The van der Waals surface area contributed by atoms with Gasteiger partial charge in [0.1, 0.15) is 0 Å². The Bertz CT molecular complexity index is 248. The van der Waals surface area contributed by atoms with Gasteiger partial charge in [-0.25, -0.2) is 4.79 Å². The molecular formula is C8H8HfO3. The predicted molar refractivity (Wildman–Crippen MR) is 39.0 cm³/mol. The zero-order valence-electron chi connectivity index (χ0n) is 6.27. The SMILES string of the molecule is O=C(O)[C@H](O)c1ccccc1.[Hf]. The van der Waals surface area contributed by atoms with Crippen LogP contribution in [0.25, 0.3) is 0 Å². The Labute approximate surface area is 88.8 Å². The first-order chi connectivity index (χ1) is 5.22. The molecule has 0 heterocycles. The molecule has 0 aliphatic heterocycles. The van der Waals surface area contributed by atoms with Gasteiger partial charge in [0.2, 0.25) is 0 Å². The summed E-state index contributed by atoms with van der Waals surface area (Å²) in [5.41, 5.74) is 0.403. The van der Waals surface area contributed by atoms with E-state index in [4.69, 9.17) is 10.2 Å². The van der Waals surface area contributed by atoms with E-state index in [1.165, 1.54) is 0 Å². The summed E-state index contributed by atoms with van der Waals surface area (Å²) in [5, 5.41) is 17.4. The van der Waals surface area contributed by atoms with Crippen molar-refractivity contribution in [1.82, 2.24) is 0 Å². The fourth-order valence-electron chi connectivity index (χ4n) is 0.778. The normalized spacial score (nSPS) is 11.4. The molecule has 0 spiro atoms. The maximum Gasteiger partial charge on any atom is 0.337 e. The van der Waals surface area contributed by atoms with Crippen LogP contribution in [0.1, 0.15) is 11.7 Å². The fourth-order valence-corrected chi connectivity index (χ4v) is 0.778. The maximum absolute atomic E-state index is 10.2. The Balaban J connectivity index is 0.00000121. The summed E-state index contributed by atoms with van der Waals surface area (Å²) in [6.07, 6.45) is -1.41. The Morgan fingerprint density at radius 3 is 2.17 bits per heavy atom. The first kappa shape index (κ1) is 11.5. The third-order valence-electron chi connectivity index (χ3n) is 1.35. The molecular weight excluding hydrogens is 323 g/mol. The van der Waals surface area contributed by atoms with Crippen molar-refractivity contribution in [2.75, 3.05) is 0 Å². The molecule has 0 aromatic heterocycles. The summed E-state index contributed by atoms with van der Waals surface area (Å²) in [5.74, 6) is -1.23. The van der Waals surface area contributed by atoms with Gasteiger partial charge in [0.25, 0.3) is 0 Å². The average Bonchev–Trinajstić information content (AvgIpc) is 2.05. The summed E-state index contributed by atoms with van der Waals surface area (Å²) in [4.78, 5) is 10.2. The molecule has 0 amide bonds. The monoisotopic (exact) mass is 332 g/mol. The molecule has 1 aromatic rings. The van der Waals surface area contributed by atoms with Crippen molar-refractivity contribution in [3.8, 4) is 0 Å². The minimum absolute atomic E-state index is 0. The second-order valence-corrected chi connectivity index (χ2v) is 2.15. The van der Waals surface area contributed by atoms with E-state index in [2.05, 4.69) is 0 Å². The fraction of sp³-hybridized carbons (Fsp3) is 0.125. The van der Waals surface area contributed by atoms with Crippen LogP contribution in [-0.2, 0) is 30.6 Å². The molecule has 0 unspecified atom stereocenters. The number of hydrogen-bond donors (Lipinski definition) is 2. The number of carboxylic acids is 1. The minimum atomic E-state index is -1.41. The first-order valence-corrected chi connectivity index (χ1v) is 3.17. The molecule has 1 atom stereocenters. The second kappa shape index (κ2) is 5.22.